The van der Waals surface area contributed by atoms with Crippen LogP contribution in [-0.2, 0) is 9.84 Å². The lowest BCUT2D eigenvalue weighted by atomic mass is 9.87. The molecule has 1 aliphatic heterocycles. The number of aromatic hydroxyl groups is 2. The van der Waals surface area contributed by atoms with E-state index < -0.39 is 9.84 Å². The van der Waals surface area contributed by atoms with Gasteiger partial charge in [-0.25, -0.2) is 8.42 Å². The second-order valence-electron chi connectivity index (χ2n) is 7.02. The van der Waals surface area contributed by atoms with Crippen LogP contribution in [0.2, 0.25) is 0 Å². The van der Waals surface area contributed by atoms with Gasteiger partial charge in [0.1, 0.15) is 11.5 Å². The Morgan fingerprint density at radius 1 is 1.03 bits per heavy atom. The van der Waals surface area contributed by atoms with Crippen LogP contribution in [0.25, 0.3) is 11.1 Å². The minimum atomic E-state index is -3.60. The maximum absolute atomic E-state index is 13.0. The van der Waals surface area contributed by atoms with Gasteiger partial charge in [0, 0.05) is 16.8 Å². The second kappa shape index (κ2) is 6.97. The van der Waals surface area contributed by atoms with Gasteiger partial charge < -0.3 is 15.1 Å². The van der Waals surface area contributed by atoms with E-state index in [-0.39, 0.29) is 28.2 Å². The molecule has 148 valence electrons. The molecule has 1 aliphatic rings. The minimum absolute atomic E-state index is 0.111. The topological polar surface area (TPSA) is 77.8 Å². The summed E-state index contributed by atoms with van der Waals surface area (Å²) >= 11 is 0. The lowest BCUT2D eigenvalue weighted by molar-refractivity contribution is 0.463. The largest absolute Gasteiger partial charge is 0.508 e. The quantitative estimate of drug-likeness (QED) is 0.599. The van der Waals surface area contributed by atoms with Crippen molar-refractivity contribution in [1.29, 1.82) is 0 Å². The molecule has 0 radical (unpaired) electrons. The van der Waals surface area contributed by atoms with Crippen LogP contribution in [-0.4, -0.2) is 24.4 Å². The summed E-state index contributed by atoms with van der Waals surface area (Å²) in [5, 5.41) is 20.3. The first-order chi connectivity index (χ1) is 13.8. The van der Waals surface area contributed by atoms with Crippen molar-refractivity contribution in [1.82, 2.24) is 0 Å². The zero-order chi connectivity index (χ0) is 20.8. The highest BCUT2D eigenvalue weighted by Gasteiger charge is 2.34. The number of phenolic OH excluding ortho intramolecular Hbond substituents is 2. The Balaban J connectivity index is 2.07. The summed E-state index contributed by atoms with van der Waals surface area (Å²) in [5.41, 5.74) is 3.43. The Labute approximate surface area is 170 Å². The molecule has 5 nitrogen and oxygen atoms in total. The number of hydrogen-bond acceptors (Lipinski definition) is 5. The molecule has 4 rings (SSSR count). The maximum atomic E-state index is 13.0. The summed E-state index contributed by atoms with van der Waals surface area (Å²) in [6.07, 6.45) is 1.38. The monoisotopic (exact) mass is 407 g/mol. The Kier molecular flexibility index (Phi) is 4.59. The van der Waals surface area contributed by atoms with E-state index in [1.807, 2.05) is 24.0 Å². The Hall–Kier alpha value is -3.25. The highest BCUT2D eigenvalue weighted by molar-refractivity contribution is 7.91. The summed E-state index contributed by atoms with van der Waals surface area (Å²) < 4.78 is 26.0. The normalized spacial score (nSPS) is 15.5. The molecule has 1 unspecified atom stereocenters. The first-order valence-electron chi connectivity index (χ1n) is 9.22. The fraction of sp³-hybridized carbons (Fsp3) is 0.130. The summed E-state index contributed by atoms with van der Waals surface area (Å²) in [6, 6.07) is 16.8. The summed E-state index contributed by atoms with van der Waals surface area (Å²) in [4.78, 5) is 2.18. The first kappa shape index (κ1) is 19.1. The molecule has 3 aromatic rings. The molecule has 0 aliphatic carbocycles. The summed E-state index contributed by atoms with van der Waals surface area (Å²) in [5.74, 6) is 0.0800. The van der Waals surface area contributed by atoms with Crippen LogP contribution < -0.4 is 4.90 Å². The smallest absolute Gasteiger partial charge is 0.182 e. The van der Waals surface area contributed by atoms with Crippen molar-refractivity contribution in [2.24, 2.45) is 0 Å². The maximum Gasteiger partial charge on any atom is 0.182 e. The minimum Gasteiger partial charge on any atom is -0.508 e. The Morgan fingerprint density at radius 3 is 2.41 bits per heavy atom. The van der Waals surface area contributed by atoms with Gasteiger partial charge in [0.15, 0.2) is 9.84 Å². The predicted molar refractivity (Wildman–Crippen MR) is 114 cm³/mol. The summed E-state index contributed by atoms with van der Waals surface area (Å²) in [7, 11) is -3.60. The van der Waals surface area contributed by atoms with Crippen LogP contribution in [0.4, 0.5) is 11.4 Å². The lowest BCUT2D eigenvalue weighted by Crippen LogP contribution is -2.27. The molecular formula is C23H21NO4S. The molecular weight excluding hydrogens is 386 g/mol. The SMILES string of the molecule is C=CCS(=O)(=O)c1cccc2c1-c1cccc(O)c1C(C)N2c1ccc(O)cc1. The van der Waals surface area contributed by atoms with Crippen molar-refractivity contribution in [3.63, 3.8) is 0 Å². The lowest BCUT2D eigenvalue weighted by Gasteiger charge is -2.39. The van der Waals surface area contributed by atoms with Crippen LogP contribution in [0.1, 0.15) is 18.5 Å². The number of nitrogens with zero attached hydrogens (tertiary/aromatic N) is 1. The standard InChI is InChI=1S/C23H21NO4S/c1-3-14-29(27,28)21-9-5-7-19-23(21)18-6-4-8-20(26)22(18)15(2)24(19)16-10-12-17(25)13-11-16/h3-13,15,25-26H,1,14H2,2H3. The van der Waals surface area contributed by atoms with E-state index in [1.54, 1.807) is 48.5 Å². The van der Waals surface area contributed by atoms with Gasteiger partial charge in [0.25, 0.3) is 0 Å². The molecule has 0 saturated heterocycles. The van der Waals surface area contributed by atoms with Gasteiger partial charge in [0.05, 0.1) is 22.4 Å². The number of fused-ring (bicyclic) bond motifs is 3. The highest BCUT2D eigenvalue weighted by Crippen LogP contribution is 2.52. The van der Waals surface area contributed by atoms with E-state index in [4.69, 9.17) is 0 Å². The number of hydrogen-bond donors (Lipinski definition) is 2. The van der Waals surface area contributed by atoms with E-state index in [0.29, 0.717) is 16.7 Å². The molecule has 2 N–H and O–H groups in total. The van der Waals surface area contributed by atoms with Gasteiger partial charge in [-0.1, -0.05) is 24.3 Å². The number of anilines is 2. The van der Waals surface area contributed by atoms with Gasteiger partial charge in [-0.2, -0.15) is 0 Å². The zero-order valence-corrected chi connectivity index (χ0v) is 16.7. The van der Waals surface area contributed by atoms with E-state index in [2.05, 4.69) is 6.58 Å². The fourth-order valence-electron chi connectivity index (χ4n) is 4.02. The van der Waals surface area contributed by atoms with E-state index in [0.717, 1.165) is 11.4 Å². The average molecular weight is 407 g/mol. The number of sulfone groups is 1. The first-order valence-corrected chi connectivity index (χ1v) is 10.9. The van der Waals surface area contributed by atoms with Gasteiger partial charge in [-0.15, -0.1) is 6.58 Å². The van der Waals surface area contributed by atoms with Crippen LogP contribution in [0, 0.1) is 0 Å². The molecule has 0 aromatic heterocycles. The molecule has 3 aromatic carbocycles. The van der Waals surface area contributed by atoms with Crippen molar-refractivity contribution >= 4 is 21.2 Å². The van der Waals surface area contributed by atoms with Crippen LogP contribution in [0.15, 0.2) is 78.2 Å². The van der Waals surface area contributed by atoms with Gasteiger partial charge >= 0.3 is 0 Å². The average Bonchev–Trinajstić information content (AvgIpc) is 2.69. The summed E-state index contributed by atoms with van der Waals surface area (Å²) in [6.45, 7) is 5.53. The predicted octanol–water partition coefficient (Wildman–Crippen LogP) is 4.94. The van der Waals surface area contributed by atoms with E-state index in [9.17, 15) is 18.6 Å². The second-order valence-corrected chi connectivity index (χ2v) is 9.02. The molecule has 1 heterocycles. The molecule has 1 atom stereocenters. The molecule has 29 heavy (non-hydrogen) atoms. The third-order valence-corrected chi connectivity index (χ3v) is 6.91. The molecule has 0 fully saturated rings. The third kappa shape index (κ3) is 3.06. The Bertz CT molecular complexity index is 1200. The molecule has 6 heteroatoms. The van der Waals surface area contributed by atoms with Crippen molar-refractivity contribution in [3.8, 4) is 22.6 Å². The van der Waals surface area contributed by atoms with Crippen LogP contribution in [0.5, 0.6) is 11.5 Å². The van der Waals surface area contributed by atoms with Gasteiger partial charge in [-0.05, 0) is 55.0 Å². The molecule has 0 bridgehead atoms. The fourth-order valence-corrected chi connectivity index (χ4v) is 5.32. The number of phenols is 2. The van der Waals surface area contributed by atoms with Crippen molar-refractivity contribution in [2.75, 3.05) is 10.7 Å². The van der Waals surface area contributed by atoms with Crippen LogP contribution in [0.3, 0.4) is 0 Å². The molecule has 0 amide bonds. The van der Waals surface area contributed by atoms with Crippen LogP contribution >= 0.6 is 0 Å². The van der Waals surface area contributed by atoms with Gasteiger partial charge in [0.2, 0.25) is 0 Å². The Morgan fingerprint density at radius 2 is 1.72 bits per heavy atom. The van der Waals surface area contributed by atoms with Crippen molar-refractivity contribution in [3.05, 3.63) is 78.9 Å². The van der Waals surface area contributed by atoms with E-state index >= 15 is 0 Å². The molecule has 0 saturated carbocycles. The number of benzene rings is 3. The van der Waals surface area contributed by atoms with Gasteiger partial charge in [-0.3, -0.25) is 0 Å². The third-order valence-electron chi connectivity index (χ3n) is 5.22. The highest BCUT2D eigenvalue weighted by atomic mass is 32.2. The van der Waals surface area contributed by atoms with E-state index in [1.165, 1.54) is 6.08 Å². The zero-order valence-electron chi connectivity index (χ0n) is 15.9. The van der Waals surface area contributed by atoms with Crippen molar-refractivity contribution in [2.45, 2.75) is 17.9 Å². The van der Waals surface area contributed by atoms with Crippen molar-refractivity contribution < 1.29 is 18.6 Å². The molecule has 0 spiro atoms. The number of rotatable bonds is 4.